The van der Waals surface area contributed by atoms with Crippen molar-refractivity contribution in [3.05, 3.63) is 185 Å². The molecule has 7 atom stereocenters. The van der Waals surface area contributed by atoms with Crippen molar-refractivity contribution < 1.29 is 41.1 Å². The molecule has 1 fully saturated rings. The molecular weight excluding hydrogens is 755 g/mol. The number of benzene rings is 3. The van der Waals surface area contributed by atoms with Crippen molar-refractivity contribution in [3.63, 3.8) is 0 Å². The minimum absolute atomic E-state index is 0. The summed E-state index contributed by atoms with van der Waals surface area (Å²) in [6.07, 6.45) is 9.54. The first-order chi connectivity index (χ1) is 25.5. The van der Waals surface area contributed by atoms with Crippen LogP contribution in [0.3, 0.4) is 0 Å². The first-order valence-corrected chi connectivity index (χ1v) is 20.8. The van der Waals surface area contributed by atoms with Crippen LogP contribution in [0.2, 0.25) is 0 Å². The Morgan fingerprint density at radius 2 is 1.33 bits per heavy atom. The van der Waals surface area contributed by atoms with Gasteiger partial charge in [-0.3, -0.25) is 0 Å². The summed E-state index contributed by atoms with van der Waals surface area (Å²) in [5, 5.41) is 0. The van der Waals surface area contributed by atoms with E-state index in [1.807, 2.05) is 18.2 Å². The van der Waals surface area contributed by atoms with Crippen molar-refractivity contribution in [1.82, 2.24) is 0 Å². The fraction of sp³-hybridized carbons (Fsp3) is 0.314. The molecule has 0 spiro atoms. The van der Waals surface area contributed by atoms with Crippen molar-refractivity contribution in [2.45, 2.75) is 61.8 Å². The Balaban J connectivity index is 0.000000164. The van der Waals surface area contributed by atoms with Gasteiger partial charge in [0.05, 0.1) is 0 Å². The van der Waals surface area contributed by atoms with Crippen LogP contribution < -0.4 is 12.4 Å². The van der Waals surface area contributed by atoms with E-state index in [9.17, 15) is 0 Å². The first-order valence-electron chi connectivity index (χ1n) is 19.5. The number of furan rings is 1. The van der Waals surface area contributed by atoms with Gasteiger partial charge in [-0.15, -0.1) is 19.1 Å². The maximum absolute atomic E-state index is 4.94. The predicted molar refractivity (Wildman–Crippen MR) is 220 cm³/mol. The van der Waals surface area contributed by atoms with Crippen molar-refractivity contribution in [1.29, 1.82) is 0 Å². The number of hydrogen-bond acceptors (Lipinski definition) is 1. The van der Waals surface area contributed by atoms with Gasteiger partial charge in [-0.2, -0.15) is 23.3 Å². The molecule has 0 saturated heterocycles. The zero-order valence-corrected chi connectivity index (χ0v) is 36.4. The molecule has 0 aliphatic heterocycles. The summed E-state index contributed by atoms with van der Waals surface area (Å²) in [7, 11) is 0. The predicted octanol–water partition coefficient (Wildman–Crippen LogP) is 10.1. The summed E-state index contributed by atoms with van der Waals surface area (Å²) in [5.41, 5.74) is 15.0. The van der Waals surface area contributed by atoms with Crippen LogP contribution in [0.1, 0.15) is 77.6 Å². The van der Waals surface area contributed by atoms with E-state index in [0.717, 1.165) is 12.0 Å². The Morgan fingerprint density at radius 1 is 0.741 bits per heavy atom. The Hall–Kier alpha value is -3.58. The normalized spacial score (nSPS) is 27.5. The second kappa shape index (κ2) is 16.3. The molecule has 278 valence electrons. The van der Waals surface area contributed by atoms with Crippen LogP contribution in [-0.4, -0.2) is 3.21 Å². The van der Waals surface area contributed by atoms with Gasteiger partial charge in [-0.1, -0.05) is 131 Å². The van der Waals surface area contributed by atoms with E-state index in [-0.39, 0.29) is 23.2 Å². The molecule has 54 heavy (non-hydrogen) atoms. The van der Waals surface area contributed by atoms with Gasteiger partial charge >= 0.3 is 99.2 Å². The fourth-order valence-corrected chi connectivity index (χ4v) is 11.0. The van der Waals surface area contributed by atoms with E-state index in [2.05, 4.69) is 165 Å². The molecule has 5 aromatic rings. The standard InChI is InChI=1S/C29H37.C13H10.C9H7O.ClH.Zr/c1-16-13-14-25-26-23-12-10-9-11-22(23)15-24(26)27-19(4)17(2)18(3)21(6)29(27,8)28(25,7)20(16)5;1-3-7-12(8-4-1)11-13-9-5-2-6-10-13;1-2-4-8(3-1)9-5-6-10-7-9;;/h9-14,16-18,20-21H,15H2,1-8H3;1-10H;1-7H;1H;/q-1;;-1;;/p-1. The van der Waals surface area contributed by atoms with Crippen LogP contribution in [0.25, 0.3) is 16.7 Å². The summed E-state index contributed by atoms with van der Waals surface area (Å²) in [6.45, 7) is 20.2. The van der Waals surface area contributed by atoms with Gasteiger partial charge in [0.2, 0.25) is 0 Å². The van der Waals surface area contributed by atoms with E-state index in [1.165, 1.54) is 55.3 Å². The maximum Gasteiger partial charge on any atom is 0.0471 e. The Bertz CT molecular complexity index is 2060. The number of halogens is 1. The maximum atomic E-state index is 4.94. The van der Waals surface area contributed by atoms with Gasteiger partial charge in [0.15, 0.2) is 0 Å². The van der Waals surface area contributed by atoms with Gasteiger partial charge in [0, 0.05) is 17.9 Å². The number of fused-ring (bicyclic) bond motifs is 6. The molecule has 4 aromatic carbocycles. The van der Waals surface area contributed by atoms with E-state index in [1.54, 1.807) is 40.7 Å². The molecule has 1 saturated carbocycles. The first kappa shape index (κ1) is 40.1. The Labute approximate surface area is 345 Å². The molecule has 0 radical (unpaired) electrons. The zero-order valence-electron chi connectivity index (χ0n) is 33.2. The molecule has 7 unspecified atom stereocenters. The average Bonchev–Trinajstić information content (AvgIpc) is 3.99. The Kier molecular flexibility index (Phi) is 12.1. The second-order valence-corrected chi connectivity index (χ2v) is 17.5. The average molecular weight is 810 g/mol. The van der Waals surface area contributed by atoms with Crippen LogP contribution in [0.4, 0.5) is 0 Å². The van der Waals surface area contributed by atoms with Gasteiger partial charge < -0.3 is 16.8 Å². The molecule has 4 aliphatic carbocycles. The van der Waals surface area contributed by atoms with E-state index >= 15 is 0 Å². The third-order valence-corrected chi connectivity index (χ3v) is 15.6. The van der Waals surface area contributed by atoms with Crippen LogP contribution in [0.15, 0.2) is 161 Å². The number of allylic oxidation sites excluding steroid dienone is 6. The summed E-state index contributed by atoms with van der Waals surface area (Å²) >= 11 is 1.46. The SMILES string of the molecule is C[C-]1C2=C3Cc4ccccc4C3=C3C=CC(C)C(C)C3(C)C2(C)C(C)C(C)C1C.[Cl-].[Zr]=[C](c1ccccc1)c1ccccc1.c1cc[c-](-c2ccoc2)c1. The van der Waals surface area contributed by atoms with E-state index in [0.29, 0.717) is 29.6 Å². The van der Waals surface area contributed by atoms with Gasteiger partial charge in [0.1, 0.15) is 0 Å². The molecule has 0 N–H and O–H groups in total. The fourth-order valence-electron chi connectivity index (χ4n) is 10.2. The minimum atomic E-state index is 0. The third-order valence-electron chi connectivity index (χ3n) is 14.2. The summed E-state index contributed by atoms with van der Waals surface area (Å²) in [6, 6.07) is 40.4. The van der Waals surface area contributed by atoms with Crippen molar-refractivity contribution in [2.75, 3.05) is 0 Å². The summed E-state index contributed by atoms with van der Waals surface area (Å²) in [5.74, 6) is 4.93. The smallest absolute Gasteiger partial charge is 0.0471 e. The van der Waals surface area contributed by atoms with Crippen LogP contribution in [0.5, 0.6) is 0 Å². The molecule has 0 amide bonds. The minimum Gasteiger partial charge on any atom is -0.515 e. The topological polar surface area (TPSA) is 13.1 Å². The summed E-state index contributed by atoms with van der Waals surface area (Å²) < 4.78 is 6.35. The summed E-state index contributed by atoms with van der Waals surface area (Å²) in [4.78, 5) is 0. The molecule has 9 rings (SSSR count). The van der Waals surface area contributed by atoms with Crippen molar-refractivity contribution in [2.24, 2.45) is 40.4 Å². The molecule has 3 heteroatoms. The number of rotatable bonds is 3. The monoisotopic (exact) mass is 807 g/mol. The third kappa shape index (κ3) is 6.71. The van der Waals surface area contributed by atoms with Crippen molar-refractivity contribution >= 4 is 8.78 Å². The van der Waals surface area contributed by atoms with Crippen LogP contribution in [0, 0.1) is 46.3 Å². The zero-order chi connectivity index (χ0) is 37.5. The van der Waals surface area contributed by atoms with E-state index < -0.39 is 0 Å². The largest absolute Gasteiger partial charge is 0.515 e. The second-order valence-electron chi connectivity index (χ2n) is 16.3. The Morgan fingerprint density at radius 3 is 1.93 bits per heavy atom. The molecular formula is C51H54ClOZr-3. The van der Waals surface area contributed by atoms with Crippen LogP contribution in [-0.2, 0) is 30.7 Å². The molecule has 1 heterocycles. The van der Waals surface area contributed by atoms with E-state index in [4.69, 9.17) is 4.42 Å². The molecule has 0 bridgehead atoms. The molecule has 1 aromatic heterocycles. The van der Waals surface area contributed by atoms with Gasteiger partial charge in [-0.05, 0) is 34.7 Å². The van der Waals surface area contributed by atoms with Crippen molar-refractivity contribution in [3.8, 4) is 11.1 Å². The van der Waals surface area contributed by atoms with Crippen LogP contribution >= 0.6 is 0 Å². The number of hydrogen-bond donors (Lipinski definition) is 0. The molecule has 4 aliphatic rings. The molecule has 1 nitrogen and oxygen atoms in total. The van der Waals surface area contributed by atoms with Gasteiger partial charge in [-0.25, -0.2) is 5.92 Å². The van der Waals surface area contributed by atoms with Gasteiger partial charge in [0.25, 0.3) is 0 Å². The quantitative estimate of drug-likeness (QED) is 0.166.